The van der Waals surface area contributed by atoms with Crippen molar-refractivity contribution in [3.05, 3.63) is 34.9 Å². The van der Waals surface area contributed by atoms with E-state index < -0.39 is 0 Å². The van der Waals surface area contributed by atoms with Crippen LogP contribution in [0.25, 0.3) is 0 Å². The Bertz CT molecular complexity index is 360. The van der Waals surface area contributed by atoms with Crippen molar-refractivity contribution < 1.29 is 0 Å². The molecule has 0 radical (unpaired) electrons. The van der Waals surface area contributed by atoms with E-state index in [2.05, 4.69) is 31.3 Å². The molecule has 0 bridgehead atoms. The molecule has 1 fully saturated rings. The molecular weight excluding hydrogens is 242 g/mol. The van der Waals surface area contributed by atoms with Crippen LogP contribution in [0.4, 0.5) is 0 Å². The fourth-order valence-corrected chi connectivity index (χ4v) is 3.21. The van der Waals surface area contributed by atoms with Gasteiger partial charge in [-0.3, -0.25) is 0 Å². The van der Waals surface area contributed by atoms with Crippen molar-refractivity contribution >= 4 is 11.6 Å². The Kier molecular flexibility index (Phi) is 5.08. The lowest BCUT2D eigenvalue weighted by atomic mass is 9.82. The molecule has 2 unspecified atom stereocenters. The molecule has 1 saturated carbocycles. The molecule has 2 heteroatoms. The smallest absolute Gasteiger partial charge is 0.0406 e. The summed E-state index contributed by atoms with van der Waals surface area (Å²) < 4.78 is 0. The maximum absolute atomic E-state index is 5.93. The highest BCUT2D eigenvalue weighted by Crippen LogP contribution is 2.29. The number of benzene rings is 1. The van der Waals surface area contributed by atoms with Crippen LogP contribution >= 0.6 is 11.6 Å². The fourth-order valence-electron chi connectivity index (χ4n) is 3.08. The molecule has 2 rings (SSSR count). The lowest BCUT2D eigenvalue weighted by Gasteiger charge is -2.34. The SMILES string of the molecule is CCC1CCCCC1N[C@H](C)c1ccc(Cl)cc1. The van der Waals surface area contributed by atoms with Crippen LogP contribution in [0.3, 0.4) is 0 Å². The second kappa shape index (κ2) is 6.58. The van der Waals surface area contributed by atoms with Crippen LogP contribution in [0.2, 0.25) is 5.02 Å². The maximum atomic E-state index is 5.93. The van der Waals surface area contributed by atoms with Crippen LogP contribution in [-0.4, -0.2) is 6.04 Å². The molecule has 0 spiro atoms. The molecule has 0 aromatic heterocycles. The molecule has 0 amide bonds. The summed E-state index contributed by atoms with van der Waals surface area (Å²) >= 11 is 5.93. The van der Waals surface area contributed by atoms with Crippen LogP contribution in [0, 0.1) is 5.92 Å². The highest BCUT2D eigenvalue weighted by molar-refractivity contribution is 6.30. The van der Waals surface area contributed by atoms with Crippen LogP contribution in [-0.2, 0) is 0 Å². The summed E-state index contributed by atoms with van der Waals surface area (Å²) in [6.45, 7) is 4.57. The predicted octanol–water partition coefficient (Wildman–Crippen LogP) is 4.96. The van der Waals surface area contributed by atoms with Crippen molar-refractivity contribution in [1.29, 1.82) is 0 Å². The van der Waals surface area contributed by atoms with E-state index in [-0.39, 0.29) is 0 Å². The average molecular weight is 266 g/mol. The summed E-state index contributed by atoms with van der Waals surface area (Å²) in [7, 11) is 0. The molecule has 18 heavy (non-hydrogen) atoms. The summed E-state index contributed by atoms with van der Waals surface area (Å²) in [5.41, 5.74) is 1.33. The van der Waals surface area contributed by atoms with Gasteiger partial charge in [0.2, 0.25) is 0 Å². The van der Waals surface area contributed by atoms with E-state index in [4.69, 9.17) is 11.6 Å². The Morgan fingerprint density at radius 3 is 2.56 bits per heavy atom. The van der Waals surface area contributed by atoms with Crippen LogP contribution in [0.1, 0.15) is 57.6 Å². The Morgan fingerprint density at radius 1 is 1.22 bits per heavy atom. The quantitative estimate of drug-likeness (QED) is 0.811. The number of nitrogens with one attached hydrogen (secondary N) is 1. The molecule has 1 aromatic rings. The normalized spacial score (nSPS) is 25.9. The third-order valence-electron chi connectivity index (χ3n) is 4.27. The lowest BCUT2D eigenvalue weighted by Crippen LogP contribution is -2.39. The van der Waals surface area contributed by atoms with Crippen molar-refractivity contribution in [2.24, 2.45) is 5.92 Å². The first-order chi connectivity index (χ1) is 8.70. The molecule has 1 aliphatic carbocycles. The maximum Gasteiger partial charge on any atom is 0.0406 e. The van der Waals surface area contributed by atoms with E-state index in [1.165, 1.54) is 37.7 Å². The molecule has 1 aliphatic rings. The predicted molar refractivity (Wildman–Crippen MR) is 79.0 cm³/mol. The fraction of sp³-hybridized carbons (Fsp3) is 0.625. The highest BCUT2D eigenvalue weighted by atomic mass is 35.5. The molecule has 0 saturated heterocycles. The number of hydrogen-bond acceptors (Lipinski definition) is 1. The average Bonchev–Trinajstić information content (AvgIpc) is 2.40. The van der Waals surface area contributed by atoms with Gasteiger partial charge in [0, 0.05) is 17.1 Å². The molecule has 100 valence electrons. The van der Waals surface area contributed by atoms with Crippen molar-refractivity contribution in [3.8, 4) is 0 Å². The topological polar surface area (TPSA) is 12.0 Å². The Labute approximate surface area is 116 Å². The Morgan fingerprint density at radius 2 is 1.89 bits per heavy atom. The molecule has 0 heterocycles. The van der Waals surface area contributed by atoms with Gasteiger partial charge in [0.25, 0.3) is 0 Å². The minimum absolute atomic E-state index is 0.416. The third-order valence-corrected chi connectivity index (χ3v) is 4.52. The van der Waals surface area contributed by atoms with Crippen molar-refractivity contribution in [2.75, 3.05) is 0 Å². The third kappa shape index (κ3) is 3.49. The van der Waals surface area contributed by atoms with E-state index in [0.29, 0.717) is 12.1 Å². The van der Waals surface area contributed by atoms with Gasteiger partial charge < -0.3 is 5.32 Å². The number of halogens is 1. The first kappa shape index (κ1) is 13.9. The molecule has 1 N–H and O–H groups in total. The van der Waals surface area contributed by atoms with E-state index in [1.54, 1.807) is 0 Å². The molecule has 1 nitrogen and oxygen atoms in total. The second-order valence-corrected chi connectivity index (χ2v) is 5.94. The first-order valence-electron chi connectivity index (χ1n) is 7.22. The summed E-state index contributed by atoms with van der Waals surface area (Å²) in [5.74, 6) is 0.855. The van der Waals surface area contributed by atoms with E-state index in [0.717, 1.165) is 10.9 Å². The summed E-state index contributed by atoms with van der Waals surface area (Å²) in [4.78, 5) is 0. The van der Waals surface area contributed by atoms with Crippen LogP contribution in [0.5, 0.6) is 0 Å². The Balaban J connectivity index is 1.97. The van der Waals surface area contributed by atoms with E-state index in [9.17, 15) is 0 Å². The van der Waals surface area contributed by atoms with Crippen LogP contribution in [0.15, 0.2) is 24.3 Å². The number of rotatable bonds is 4. The van der Waals surface area contributed by atoms with Gasteiger partial charge in [-0.1, -0.05) is 49.9 Å². The van der Waals surface area contributed by atoms with E-state index in [1.807, 2.05) is 12.1 Å². The van der Waals surface area contributed by atoms with Gasteiger partial charge in [-0.05, 0) is 43.4 Å². The zero-order valence-electron chi connectivity index (χ0n) is 11.5. The molecule has 0 aliphatic heterocycles. The minimum atomic E-state index is 0.416. The van der Waals surface area contributed by atoms with E-state index >= 15 is 0 Å². The van der Waals surface area contributed by atoms with Gasteiger partial charge >= 0.3 is 0 Å². The zero-order valence-corrected chi connectivity index (χ0v) is 12.2. The molecular formula is C16H24ClN. The van der Waals surface area contributed by atoms with Gasteiger partial charge in [0.1, 0.15) is 0 Å². The van der Waals surface area contributed by atoms with Crippen molar-refractivity contribution in [2.45, 2.75) is 58.0 Å². The molecule has 1 aromatic carbocycles. The van der Waals surface area contributed by atoms with Crippen molar-refractivity contribution in [1.82, 2.24) is 5.32 Å². The summed E-state index contributed by atoms with van der Waals surface area (Å²) in [6.07, 6.45) is 6.80. The summed E-state index contributed by atoms with van der Waals surface area (Å²) in [6, 6.07) is 9.32. The standard InChI is InChI=1S/C16H24ClN/c1-3-13-6-4-5-7-16(13)18-12(2)14-8-10-15(17)11-9-14/h8-13,16,18H,3-7H2,1-2H3/t12-,13?,16?/m1/s1. The first-order valence-corrected chi connectivity index (χ1v) is 7.60. The van der Waals surface area contributed by atoms with Crippen molar-refractivity contribution in [3.63, 3.8) is 0 Å². The number of hydrogen-bond donors (Lipinski definition) is 1. The minimum Gasteiger partial charge on any atom is -0.307 e. The lowest BCUT2D eigenvalue weighted by molar-refractivity contribution is 0.240. The van der Waals surface area contributed by atoms with Gasteiger partial charge in [0.05, 0.1) is 0 Å². The van der Waals surface area contributed by atoms with Gasteiger partial charge in [-0.15, -0.1) is 0 Å². The van der Waals surface area contributed by atoms with Gasteiger partial charge in [-0.25, -0.2) is 0 Å². The Hall–Kier alpha value is -0.530. The second-order valence-electron chi connectivity index (χ2n) is 5.50. The highest BCUT2D eigenvalue weighted by Gasteiger charge is 2.24. The zero-order chi connectivity index (χ0) is 13.0. The summed E-state index contributed by atoms with van der Waals surface area (Å²) in [5, 5.41) is 4.63. The molecule has 3 atom stereocenters. The van der Waals surface area contributed by atoms with Crippen LogP contribution < -0.4 is 5.32 Å². The van der Waals surface area contributed by atoms with Gasteiger partial charge in [-0.2, -0.15) is 0 Å². The largest absolute Gasteiger partial charge is 0.307 e. The monoisotopic (exact) mass is 265 g/mol. The van der Waals surface area contributed by atoms with Gasteiger partial charge in [0.15, 0.2) is 0 Å².